The molecule has 0 saturated carbocycles. The molecule has 1 aromatic heterocycles. The lowest BCUT2D eigenvalue weighted by molar-refractivity contribution is -0.118. The van der Waals surface area contributed by atoms with Crippen LogP contribution >= 0.6 is 11.3 Å². The molecule has 4 nitrogen and oxygen atoms in total. The van der Waals surface area contributed by atoms with E-state index in [4.69, 9.17) is 0 Å². The highest BCUT2D eigenvalue weighted by molar-refractivity contribution is 7.10. The summed E-state index contributed by atoms with van der Waals surface area (Å²) in [5, 5.41) is 7.87. The molecule has 4 rings (SSSR count). The second-order valence-electron chi connectivity index (χ2n) is 7.01. The van der Waals surface area contributed by atoms with E-state index in [-0.39, 0.29) is 23.6 Å². The van der Waals surface area contributed by atoms with Crippen molar-refractivity contribution in [1.29, 1.82) is 0 Å². The molecule has 0 unspecified atom stereocenters. The molecular formula is C24H22N2O2S. The number of hydrogen-bond donors (Lipinski definition) is 2. The van der Waals surface area contributed by atoms with Crippen molar-refractivity contribution in [3.05, 3.63) is 99.4 Å². The normalized spacial score (nSPS) is 16.0. The standard InChI is InChI=1S/C24H22N2O2S/c27-23(18-9-2-1-3-10-18)26-22(16-19-12-7-15-29-19)24(28)25-21-14-6-11-17-8-4-5-13-20(17)21/h1-5,7-10,12-13,15-16,21H,6,11,14H2,(H,25,28)(H,26,27)/b22-16-/t21-/m0/s1. The minimum atomic E-state index is -0.299. The molecule has 5 heteroatoms. The average Bonchev–Trinajstić information content (AvgIpc) is 3.27. The van der Waals surface area contributed by atoms with Gasteiger partial charge in [-0.25, -0.2) is 0 Å². The van der Waals surface area contributed by atoms with Crippen LogP contribution in [0.3, 0.4) is 0 Å². The summed E-state index contributed by atoms with van der Waals surface area (Å²) in [6, 6.07) is 20.9. The predicted molar refractivity (Wildman–Crippen MR) is 116 cm³/mol. The van der Waals surface area contributed by atoms with E-state index >= 15 is 0 Å². The number of carbonyl (C=O) groups excluding carboxylic acids is 2. The third-order valence-electron chi connectivity index (χ3n) is 5.03. The van der Waals surface area contributed by atoms with Gasteiger partial charge in [-0.15, -0.1) is 11.3 Å². The molecule has 3 aromatic rings. The first kappa shape index (κ1) is 19.2. The third kappa shape index (κ3) is 4.63. The summed E-state index contributed by atoms with van der Waals surface area (Å²) in [4.78, 5) is 26.7. The van der Waals surface area contributed by atoms with Gasteiger partial charge in [0.2, 0.25) is 0 Å². The van der Waals surface area contributed by atoms with Crippen LogP contribution in [0.1, 0.15) is 45.2 Å². The summed E-state index contributed by atoms with van der Waals surface area (Å²) >= 11 is 1.52. The van der Waals surface area contributed by atoms with Crippen LogP contribution in [-0.2, 0) is 11.2 Å². The molecule has 1 atom stereocenters. The van der Waals surface area contributed by atoms with Gasteiger partial charge in [0.15, 0.2) is 0 Å². The van der Waals surface area contributed by atoms with E-state index in [9.17, 15) is 9.59 Å². The van der Waals surface area contributed by atoms with E-state index in [0.717, 1.165) is 29.7 Å². The van der Waals surface area contributed by atoms with Crippen LogP contribution in [-0.4, -0.2) is 11.8 Å². The minimum Gasteiger partial charge on any atom is -0.344 e. The Morgan fingerprint density at radius 1 is 0.966 bits per heavy atom. The Bertz CT molecular complexity index is 1030. The molecule has 0 bridgehead atoms. The highest BCUT2D eigenvalue weighted by Crippen LogP contribution is 2.29. The number of fused-ring (bicyclic) bond motifs is 1. The van der Waals surface area contributed by atoms with E-state index < -0.39 is 0 Å². The maximum absolute atomic E-state index is 13.1. The van der Waals surface area contributed by atoms with Gasteiger partial charge in [0.05, 0.1) is 6.04 Å². The van der Waals surface area contributed by atoms with Crippen LogP contribution in [0.15, 0.2) is 77.8 Å². The van der Waals surface area contributed by atoms with Crippen LogP contribution in [0.4, 0.5) is 0 Å². The lowest BCUT2D eigenvalue weighted by Crippen LogP contribution is -2.37. The molecule has 1 aliphatic rings. The van der Waals surface area contributed by atoms with Crippen LogP contribution in [0.5, 0.6) is 0 Å². The Labute approximate surface area is 174 Å². The Morgan fingerprint density at radius 3 is 2.55 bits per heavy atom. The summed E-state index contributed by atoms with van der Waals surface area (Å²) < 4.78 is 0. The number of nitrogens with one attached hydrogen (secondary N) is 2. The van der Waals surface area contributed by atoms with Gasteiger partial charge in [0, 0.05) is 10.4 Å². The fourth-order valence-corrected chi connectivity index (χ4v) is 4.26. The zero-order valence-corrected chi connectivity index (χ0v) is 16.7. The number of amides is 2. The molecule has 1 heterocycles. The van der Waals surface area contributed by atoms with Crippen molar-refractivity contribution >= 4 is 29.2 Å². The van der Waals surface area contributed by atoms with E-state index in [1.54, 1.807) is 30.3 Å². The first-order valence-corrected chi connectivity index (χ1v) is 10.6. The number of rotatable bonds is 5. The molecule has 0 radical (unpaired) electrons. The minimum absolute atomic E-state index is 0.0483. The van der Waals surface area contributed by atoms with Crippen molar-refractivity contribution < 1.29 is 9.59 Å². The van der Waals surface area contributed by atoms with Crippen LogP contribution in [0.25, 0.3) is 6.08 Å². The van der Waals surface area contributed by atoms with Crippen molar-refractivity contribution in [3.8, 4) is 0 Å². The van der Waals surface area contributed by atoms with Crippen LogP contribution in [0, 0.1) is 0 Å². The SMILES string of the molecule is O=C(N[C@H]1CCCc2ccccc21)/C(=C/c1cccs1)NC(=O)c1ccccc1. The molecule has 0 saturated heterocycles. The van der Waals surface area contributed by atoms with Gasteiger partial charge >= 0.3 is 0 Å². The first-order chi connectivity index (χ1) is 14.2. The van der Waals surface area contributed by atoms with Crippen molar-refractivity contribution in [2.75, 3.05) is 0 Å². The van der Waals surface area contributed by atoms with Crippen LogP contribution < -0.4 is 10.6 Å². The summed E-state index contributed by atoms with van der Waals surface area (Å²) in [6.07, 6.45) is 4.69. The molecule has 29 heavy (non-hydrogen) atoms. The Hall–Kier alpha value is -3.18. The Kier molecular flexibility index (Phi) is 5.86. The molecule has 2 N–H and O–H groups in total. The lowest BCUT2D eigenvalue weighted by atomic mass is 9.87. The molecule has 2 aromatic carbocycles. The molecule has 2 amide bonds. The average molecular weight is 403 g/mol. The zero-order valence-electron chi connectivity index (χ0n) is 15.9. The quantitative estimate of drug-likeness (QED) is 0.607. The Morgan fingerprint density at radius 2 is 1.76 bits per heavy atom. The van der Waals surface area contributed by atoms with Gasteiger partial charge in [-0.2, -0.15) is 0 Å². The van der Waals surface area contributed by atoms with Crippen molar-refractivity contribution in [3.63, 3.8) is 0 Å². The zero-order chi connectivity index (χ0) is 20.1. The van der Waals surface area contributed by atoms with Gasteiger partial charge in [-0.1, -0.05) is 48.5 Å². The monoisotopic (exact) mass is 402 g/mol. The van der Waals surface area contributed by atoms with E-state index in [1.807, 2.05) is 35.7 Å². The fourth-order valence-electron chi connectivity index (χ4n) is 3.60. The summed E-state index contributed by atoms with van der Waals surface area (Å²) in [5.74, 6) is -0.572. The molecule has 0 fully saturated rings. The molecule has 1 aliphatic carbocycles. The van der Waals surface area contributed by atoms with Gasteiger partial charge in [-0.3, -0.25) is 9.59 Å². The maximum atomic E-state index is 13.1. The topological polar surface area (TPSA) is 58.2 Å². The number of aryl methyl sites for hydroxylation is 1. The molecular weight excluding hydrogens is 380 g/mol. The second-order valence-corrected chi connectivity index (χ2v) is 7.99. The maximum Gasteiger partial charge on any atom is 0.268 e. The number of thiophene rings is 1. The Balaban J connectivity index is 1.57. The number of hydrogen-bond acceptors (Lipinski definition) is 3. The summed E-state index contributed by atoms with van der Waals surface area (Å²) in [7, 11) is 0. The fraction of sp³-hybridized carbons (Fsp3) is 0.167. The molecule has 0 spiro atoms. The van der Waals surface area contributed by atoms with Crippen molar-refractivity contribution in [1.82, 2.24) is 10.6 Å². The third-order valence-corrected chi connectivity index (χ3v) is 5.85. The largest absolute Gasteiger partial charge is 0.344 e. The molecule has 0 aliphatic heterocycles. The van der Waals surface area contributed by atoms with Gasteiger partial charge < -0.3 is 10.6 Å². The van der Waals surface area contributed by atoms with E-state index in [0.29, 0.717) is 5.56 Å². The highest BCUT2D eigenvalue weighted by Gasteiger charge is 2.23. The summed E-state index contributed by atoms with van der Waals surface area (Å²) in [5.41, 5.74) is 3.21. The van der Waals surface area contributed by atoms with Crippen LogP contribution in [0.2, 0.25) is 0 Å². The number of benzene rings is 2. The summed E-state index contributed by atoms with van der Waals surface area (Å²) in [6.45, 7) is 0. The predicted octanol–water partition coefficient (Wildman–Crippen LogP) is 4.71. The van der Waals surface area contributed by atoms with Gasteiger partial charge in [-0.05, 0) is 60.0 Å². The lowest BCUT2D eigenvalue weighted by Gasteiger charge is -2.26. The van der Waals surface area contributed by atoms with E-state index in [1.165, 1.54) is 16.9 Å². The first-order valence-electron chi connectivity index (χ1n) is 9.71. The van der Waals surface area contributed by atoms with Gasteiger partial charge in [0.25, 0.3) is 11.8 Å². The highest BCUT2D eigenvalue weighted by atomic mass is 32.1. The van der Waals surface area contributed by atoms with Gasteiger partial charge in [0.1, 0.15) is 5.70 Å². The molecule has 146 valence electrons. The smallest absolute Gasteiger partial charge is 0.268 e. The second kappa shape index (κ2) is 8.88. The van der Waals surface area contributed by atoms with E-state index in [2.05, 4.69) is 22.8 Å². The van der Waals surface area contributed by atoms with Crippen molar-refractivity contribution in [2.45, 2.75) is 25.3 Å². The number of carbonyl (C=O) groups is 2. The van der Waals surface area contributed by atoms with Crippen molar-refractivity contribution in [2.24, 2.45) is 0 Å².